The minimum Gasteiger partial charge on any atom is -0.506 e. The molecule has 0 spiro atoms. The van der Waals surface area contributed by atoms with Crippen LogP contribution in [0.1, 0.15) is 32.6 Å². The first-order valence-corrected chi connectivity index (χ1v) is 5.75. The molecule has 0 aliphatic rings. The third kappa shape index (κ3) is 3.82. The van der Waals surface area contributed by atoms with Crippen molar-refractivity contribution in [3.8, 4) is 5.75 Å². The Balaban J connectivity index is 2.40. The van der Waals surface area contributed by atoms with Crippen LogP contribution in [0.25, 0.3) is 0 Å². The number of aromatic hydroxyl groups is 1. The van der Waals surface area contributed by atoms with Crippen LogP contribution < -0.4 is 4.90 Å². The predicted octanol–water partition coefficient (Wildman–Crippen LogP) is 3.41. The topological polar surface area (TPSA) is 23.5 Å². The first-order chi connectivity index (χ1) is 7.25. The van der Waals surface area contributed by atoms with E-state index in [4.69, 9.17) is 0 Å². The second kappa shape index (κ2) is 6.33. The number of phenolic OH excluding ortho intramolecular Hbond substituents is 1. The number of hydrogen-bond donors (Lipinski definition) is 1. The van der Waals surface area contributed by atoms with Crippen LogP contribution in [-0.2, 0) is 0 Å². The van der Waals surface area contributed by atoms with Gasteiger partial charge in [0.05, 0.1) is 5.69 Å². The van der Waals surface area contributed by atoms with Gasteiger partial charge >= 0.3 is 0 Å². The first-order valence-electron chi connectivity index (χ1n) is 5.75. The molecule has 0 radical (unpaired) electrons. The van der Waals surface area contributed by atoms with Gasteiger partial charge in [0.15, 0.2) is 0 Å². The van der Waals surface area contributed by atoms with Crippen LogP contribution in [0.2, 0.25) is 0 Å². The van der Waals surface area contributed by atoms with E-state index in [1.54, 1.807) is 6.07 Å². The fourth-order valence-electron chi connectivity index (χ4n) is 1.68. The zero-order valence-electron chi connectivity index (χ0n) is 9.74. The lowest BCUT2D eigenvalue weighted by Gasteiger charge is -2.20. The van der Waals surface area contributed by atoms with Crippen LogP contribution in [0.5, 0.6) is 5.75 Å². The summed E-state index contributed by atoms with van der Waals surface area (Å²) in [5.74, 6) is 0.371. The summed E-state index contributed by atoms with van der Waals surface area (Å²) < 4.78 is 0. The smallest absolute Gasteiger partial charge is 0.138 e. The molecule has 0 atom stereocenters. The van der Waals surface area contributed by atoms with Crippen LogP contribution in [0.4, 0.5) is 5.69 Å². The Morgan fingerprint density at radius 2 is 1.87 bits per heavy atom. The number of rotatable bonds is 6. The summed E-state index contributed by atoms with van der Waals surface area (Å²) in [7, 11) is 2.03. The van der Waals surface area contributed by atoms with Crippen molar-refractivity contribution in [3.63, 3.8) is 0 Å². The van der Waals surface area contributed by atoms with Gasteiger partial charge in [-0.05, 0) is 18.6 Å². The summed E-state index contributed by atoms with van der Waals surface area (Å²) >= 11 is 0. The minimum absolute atomic E-state index is 0.371. The van der Waals surface area contributed by atoms with E-state index in [1.807, 2.05) is 25.2 Å². The third-order valence-corrected chi connectivity index (χ3v) is 2.64. The molecule has 0 fully saturated rings. The average Bonchev–Trinajstić information content (AvgIpc) is 2.25. The Morgan fingerprint density at radius 1 is 1.13 bits per heavy atom. The van der Waals surface area contributed by atoms with E-state index < -0.39 is 0 Å². The Labute approximate surface area is 92.5 Å². The zero-order chi connectivity index (χ0) is 11.1. The molecule has 1 aromatic carbocycles. The maximum absolute atomic E-state index is 9.64. The van der Waals surface area contributed by atoms with Gasteiger partial charge in [-0.25, -0.2) is 0 Å². The van der Waals surface area contributed by atoms with Crippen LogP contribution in [0.3, 0.4) is 0 Å². The van der Waals surface area contributed by atoms with Gasteiger partial charge in [0, 0.05) is 13.6 Å². The molecular weight excluding hydrogens is 186 g/mol. The second-order valence-corrected chi connectivity index (χ2v) is 3.97. The molecule has 1 aromatic rings. The standard InChI is InChI=1S/C13H21NO/c1-3-4-5-8-11-14(2)12-9-6-7-10-13(12)15/h6-7,9-10,15H,3-5,8,11H2,1-2H3. The van der Waals surface area contributed by atoms with Gasteiger partial charge in [0.1, 0.15) is 5.75 Å². The maximum Gasteiger partial charge on any atom is 0.138 e. The molecule has 0 saturated carbocycles. The van der Waals surface area contributed by atoms with E-state index >= 15 is 0 Å². The largest absolute Gasteiger partial charge is 0.506 e. The van der Waals surface area contributed by atoms with Gasteiger partial charge in [0.25, 0.3) is 0 Å². The highest BCUT2D eigenvalue weighted by atomic mass is 16.3. The molecule has 84 valence electrons. The van der Waals surface area contributed by atoms with Gasteiger partial charge < -0.3 is 10.0 Å². The number of hydrogen-bond acceptors (Lipinski definition) is 2. The molecule has 0 aliphatic heterocycles. The van der Waals surface area contributed by atoms with Crippen LogP contribution in [-0.4, -0.2) is 18.7 Å². The second-order valence-electron chi connectivity index (χ2n) is 3.97. The van der Waals surface area contributed by atoms with E-state index in [-0.39, 0.29) is 0 Å². The number of benzene rings is 1. The van der Waals surface area contributed by atoms with E-state index in [0.717, 1.165) is 12.2 Å². The molecule has 1 rings (SSSR count). The summed E-state index contributed by atoms with van der Waals surface area (Å²) in [6, 6.07) is 7.49. The third-order valence-electron chi connectivity index (χ3n) is 2.64. The Kier molecular flexibility index (Phi) is 5.02. The van der Waals surface area contributed by atoms with Crippen LogP contribution in [0, 0.1) is 0 Å². The molecule has 0 amide bonds. The molecule has 15 heavy (non-hydrogen) atoms. The van der Waals surface area contributed by atoms with E-state index in [1.165, 1.54) is 25.7 Å². The van der Waals surface area contributed by atoms with Crippen molar-refractivity contribution in [1.29, 1.82) is 0 Å². The first kappa shape index (κ1) is 11.9. The van der Waals surface area contributed by atoms with Crippen molar-refractivity contribution in [2.24, 2.45) is 0 Å². The van der Waals surface area contributed by atoms with Gasteiger partial charge in [-0.15, -0.1) is 0 Å². The van der Waals surface area contributed by atoms with Crippen LogP contribution in [0.15, 0.2) is 24.3 Å². The SMILES string of the molecule is CCCCCCN(C)c1ccccc1O. The lowest BCUT2D eigenvalue weighted by molar-refractivity contribution is 0.474. The molecule has 0 heterocycles. The molecule has 0 aromatic heterocycles. The van der Waals surface area contributed by atoms with Crippen molar-refractivity contribution in [1.82, 2.24) is 0 Å². The normalized spacial score (nSPS) is 10.3. The average molecular weight is 207 g/mol. The van der Waals surface area contributed by atoms with Gasteiger partial charge in [0.2, 0.25) is 0 Å². The molecule has 0 unspecified atom stereocenters. The van der Waals surface area contributed by atoms with Gasteiger partial charge in [-0.2, -0.15) is 0 Å². The summed E-state index contributed by atoms with van der Waals surface area (Å²) in [6.07, 6.45) is 5.03. The Bertz CT molecular complexity index is 286. The quantitative estimate of drug-likeness (QED) is 0.723. The summed E-state index contributed by atoms with van der Waals surface area (Å²) in [6.45, 7) is 3.23. The van der Waals surface area contributed by atoms with Crippen molar-refractivity contribution in [2.45, 2.75) is 32.6 Å². The number of para-hydroxylation sites is 2. The Hall–Kier alpha value is -1.18. The predicted molar refractivity (Wildman–Crippen MR) is 65.5 cm³/mol. The summed E-state index contributed by atoms with van der Waals surface area (Å²) in [4.78, 5) is 2.12. The molecule has 0 saturated heterocycles. The highest BCUT2D eigenvalue weighted by Gasteiger charge is 2.04. The van der Waals surface area contributed by atoms with Crippen molar-refractivity contribution in [3.05, 3.63) is 24.3 Å². The number of anilines is 1. The van der Waals surface area contributed by atoms with E-state index in [2.05, 4.69) is 11.8 Å². The molecule has 2 heteroatoms. The highest BCUT2D eigenvalue weighted by molar-refractivity contribution is 5.56. The highest BCUT2D eigenvalue weighted by Crippen LogP contribution is 2.25. The van der Waals surface area contributed by atoms with Crippen LogP contribution >= 0.6 is 0 Å². The molecule has 0 bridgehead atoms. The molecule has 0 aliphatic carbocycles. The summed E-state index contributed by atoms with van der Waals surface area (Å²) in [5, 5.41) is 9.64. The number of phenols is 1. The fourth-order valence-corrected chi connectivity index (χ4v) is 1.68. The fraction of sp³-hybridized carbons (Fsp3) is 0.538. The zero-order valence-corrected chi connectivity index (χ0v) is 9.74. The molecule has 1 N–H and O–H groups in total. The van der Waals surface area contributed by atoms with Crippen molar-refractivity contribution < 1.29 is 5.11 Å². The minimum atomic E-state index is 0.371. The van der Waals surface area contributed by atoms with E-state index in [9.17, 15) is 5.11 Å². The lowest BCUT2D eigenvalue weighted by atomic mass is 10.2. The molecule has 2 nitrogen and oxygen atoms in total. The number of nitrogens with zero attached hydrogens (tertiary/aromatic N) is 1. The monoisotopic (exact) mass is 207 g/mol. The lowest BCUT2D eigenvalue weighted by Crippen LogP contribution is -2.18. The number of unbranched alkanes of at least 4 members (excludes halogenated alkanes) is 3. The summed E-state index contributed by atoms with van der Waals surface area (Å²) in [5.41, 5.74) is 0.925. The van der Waals surface area contributed by atoms with Crippen molar-refractivity contribution >= 4 is 5.69 Å². The van der Waals surface area contributed by atoms with Gasteiger partial charge in [-0.1, -0.05) is 38.3 Å². The Morgan fingerprint density at radius 3 is 2.53 bits per heavy atom. The van der Waals surface area contributed by atoms with Crippen molar-refractivity contribution in [2.75, 3.05) is 18.5 Å². The molecular formula is C13H21NO. The van der Waals surface area contributed by atoms with Gasteiger partial charge in [-0.3, -0.25) is 0 Å². The maximum atomic E-state index is 9.64. The van der Waals surface area contributed by atoms with E-state index in [0.29, 0.717) is 5.75 Å².